The van der Waals surface area contributed by atoms with Crippen LogP contribution in [0.2, 0.25) is 0 Å². The highest BCUT2D eigenvalue weighted by molar-refractivity contribution is 9.10. The van der Waals surface area contributed by atoms with E-state index >= 15 is 0 Å². The third kappa shape index (κ3) is 3.20. The van der Waals surface area contributed by atoms with Gasteiger partial charge in [0.2, 0.25) is 0 Å². The van der Waals surface area contributed by atoms with Gasteiger partial charge in [-0.15, -0.1) is 10.2 Å². The number of aromatic nitrogens is 3. The van der Waals surface area contributed by atoms with E-state index in [1.54, 1.807) is 34.9 Å². The number of nitrogens with zero attached hydrogens (tertiary/aromatic N) is 3. The van der Waals surface area contributed by atoms with Crippen LogP contribution >= 0.6 is 50.8 Å². The fourth-order valence-electron chi connectivity index (χ4n) is 0.827. The average Bonchev–Trinajstić information content (AvgIpc) is 2.83. The van der Waals surface area contributed by atoms with Gasteiger partial charge < -0.3 is 4.52 Å². The lowest BCUT2D eigenvalue weighted by molar-refractivity contribution is 0.391. The Morgan fingerprint density at radius 2 is 2.27 bits per heavy atom. The molecule has 80 valence electrons. The topological polar surface area (TPSA) is 51.8 Å². The Balaban J connectivity index is 1.93. The highest BCUT2D eigenvalue weighted by atomic mass is 79.9. The Bertz CT molecular complexity index is 444. The summed E-state index contributed by atoms with van der Waals surface area (Å²) < 4.78 is 7.71. The molecule has 0 aliphatic heterocycles. The lowest BCUT2D eigenvalue weighted by atomic mass is 10.5. The number of rotatable bonds is 4. The fraction of sp³-hybridized carbons (Fsp3) is 0.286. The Morgan fingerprint density at radius 1 is 1.47 bits per heavy atom. The minimum absolute atomic E-state index is 0.722. The van der Waals surface area contributed by atoms with Gasteiger partial charge in [0.1, 0.15) is 10.4 Å². The van der Waals surface area contributed by atoms with Gasteiger partial charge in [-0.1, -0.05) is 40.0 Å². The molecule has 0 aliphatic carbocycles. The summed E-state index contributed by atoms with van der Waals surface area (Å²) >= 11 is 8.02. The second-order valence-electron chi connectivity index (χ2n) is 2.44. The first-order valence-electron chi connectivity index (χ1n) is 3.89. The standard InChI is InChI=1S/C7H6BrN3OS3/c1-13-6-9-10-7(15-6)14-3-4-2-5(8)11-12-4/h2H,3H2,1H3. The number of hydrogen-bond donors (Lipinski definition) is 0. The summed E-state index contributed by atoms with van der Waals surface area (Å²) in [6.45, 7) is 0. The van der Waals surface area contributed by atoms with Gasteiger partial charge in [-0.25, -0.2) is 0 Å². The van der Waals surface area contributed by atoms with Gasteiger partial charge in [-0.3, -0.25) is 0 Å². The molecule has 2 aromatic heterocycles. The molecular weight excluding hydrogens is 318 g/mol. The molecule has 0 saturated carbocycles. The van der Waals surface area contributed by atoms with Crippen molar-refractivity contribution in [3.8, 4) is 0 Å². The summed E-state index contributed by atoms with van der Waals surface area (Å²) in [5.41, 5.74) is 0. The van der Waals surface area contributed by atoms with Gasteiger partial charge in [-0.2, -0.15) is 0 Å². The Labute approximate surface area is 107 Å². The summed E-state index contributed by atoms with van der Waals surface area (Å²) in [6.07, 6.45) is 1.99. The van der Waals surface area contributed by atoms with E-state index in [2.05, 4.69) is 31.3 Å². The molecule has 4 nitrogen and oxygen atoms in total. The minimum Gasteiger partial charge on any atom is -0.359 e. The Kier molecular flexibility index (Phi) is 4.06. The Hall–Kier alpha value is -0.0500. The summed E-state index contributed by atoms with van der Waals surface area (Å²) in [6, 6.07) is 1.85. The first kappa shape index (κ1) is 11.4. The van der Waals surface area contributed by atoms with Crippen LogP contribution < -0.4 is 0 Å². The fourth-order valence-corrected chi connectivity index (χ4v) is 3.47. The van der Waals surface area contributed by atoms with Crippen LogP contribution in [0.5, 0.6) is 0 Å². The molecule has 0 spiro atoms. The molecule has 0 N–H and O–H groups in total. The van der Waals surface area contributed by atoms with E-state index in [9.17, 15) is 0 Å². The maximum Gasteiger partial charge on any atom is 0.175 e. The third-order valence-electron chi connectivity index (χ3n) is 1.43. The third-order valence-corrected chi connectivity index (χ3v) is 4.86. The zero-order valence-corrected chi connectivity index (χ0v) is 11.7. The molecule has 0 fully saturated rings. The summed E-state index contributed by atoms with van der Waals surface area (Å²) in [4.78, 5) is 0. The lowest BCUT2D eigenvalue weighted by Gasteiger charge is -1.89. The highest BCUT2D eigenvalue weighted by Gasteiger charge is 2.06. The van der Waals surface area contributed by atoms with Crippen molar-refractivity contribution < 1.29 is 4.52 Å². The lowest BCUT2D eigenvalue weighted by Crippen LogP contribution is -1.75. The zero-order valence-electron chi connectivity index (χ0n) is 7.64. The highest BCUT2D eigenvalue weighted by Crippen LogP contribution is 2.29. The van der Waals surface area contributed by atoms with Crippen molar-refractivity contribution in [3.05, 3.63) is 16.4 Å². The van der Waals surface area contributed by atoms with Crippen LogP contribution in [0.3, 0.4) is 0 Å². The molecule has 0 bridgehead atoms. The molecule has 0 saturated heterocycles. The van der Waals surface area contributed by atoms with Crippen molar-refractivity contribution in [2.24, 2.45) is 0 Å². The van der Waals surface area contributed by atoms with Gasteiger partial charge in [0, 0.05) is 6.07 Å². The van der Waals surface area contributed by atoms with Crippen molar-refractivity contribution in [2.45, 2.75) is 14.4 Å². The molecule has 0 atom stereocenters. The number of halogens is 1. The second-order valence-corrected chi connectivity index (χ2v) is 6.51. The SMILES string of the molecule is CSc1nnc(SCc2cc(Br)no2)s1. The molecule has 0 aliphatic rings. The van der Waals surface area contributed by atoms with Crippen LogP contribution in [-0.4, -0.2) is 21.6 Å². The van der Waals surface area contributed by atoms with E-state index in [1.807, 2.05) is 12.3 Å². The molecular formula is C7H6BrN3OS3. The van der Waals surface area contributed by atoms with E-state index in [-0.39, 0.29) is 0 Å². The van der Waals surface area contributed by atoms with Crippen molar-refractivity contribution in [1.29, 1.82) is 0 Å². The Morgan fingerprint density at radius 3 is 2.87 bits per heavy atom. The molecule has 0 unspecified atom stereocenters. The maximum atomic E-state index is 5.05. The van der Waals surface area contributed by atoms with Crippen LogP contribution in [0.25, 0.3) is 0 Å². The molecule has 2 rings (SSSR count). The number of hydrogen-bond acceptors (Lipinski definition) is 7. The van der Waals surface area contributed by atoms with Gasteiger partial charge in [0.25, 0.3) is 0 Å². The predicted octanol–water partition coefficient (Wildman–Crippen LogP) is 3.30. The maximum absolute atomic E-state index is 5.05. The van der Waals surface area contributed by atoms with Crippen LogP contribution in [0, 0.1) is 0 Å². The van der Waals surface area contributed by atoms with Crippen LogP contribution in [0.15, 0.2) is 23.9 Å². The molecule has 8 heteroatoms. The normalized spacial score (nSPS) is 10.8. The van der Waals surface area contributed by atoms with Crippen molar-refractivity contribution >= 4 is 50.8 Å². The predicted molar refractivity (Wildman–Crippen MR) is 65.5 cm³/mol. The first-order valence-corrected chi connectivity index (χ1v) is 7.71. The minimum atomic E-state index is 0.722. The largest absolute Gasteiger partial charge is 0.359 e. The molecule has 0 radical (unpaired) electrons. The average molecular weight is 324 g/mol. The molecule has 2 aromatic rings. The van der Waals surface area contributed by atoms with E-state index in [1.165, 1.54) is 0 Å². The van der Waals surface area contributed by atoms with Crippen molar-refractivity contribution in [3.63, 3.8) is 0 Å². The molecule has 0 aromatic carbocycles. The van der Waals surface area contributed by atoms with Crippen molar-refractivity contribution in [1.82, 2.24) is 15.4 Å². The van der Waals surface area contributed by atoms with E-state index in [4.69, 9.17) is 4.52 Å². The molecule has 2 heterocycles. The van der Waals surface area contributed by atoms with Gasteiger partial charge >= 0.3 is 0 Å². The molecule has 15 heavy (non-hydrogen) atoms. The number of thioether (sulfide) groups is 2. The first-order chi connectivity index (χ1) is 7.28. The van der Waals surface area contributed by atoms with Crippen LogP contribution in [-0.2, 0) is 5.75 Å². The van der Waals surface area contributed by atoms with Crippen LogP contribution in [0.4, 0.5) is 0 Å². The smallest absolute Gasteiger partial charge is 0.175 e. The molecule has 0 amide bonds. The van der Waals surface area contributed by atoms with Gasteiger partial charge in [0.05, 0.1) is 5.75 Å². The van der Waals surface area contributed by atoms with Crippen molar-refractivity contribution in [2.75, 3.05) is 6.26 Å². The van der Waals surface area contributed by atoms with Crippen LogP contribution in [0.1, 0.15) is 5.76 Å². The quantitative estimate of drug-likeness (QED) is 0.804. The van der Waals surface area contributed by atoms with Gasteiger partial charge in [0.15, 0.2) is 8.68 Å². The summed E-state index contributed by atoms with van der Waals surface area (Å²) in [5, 5.41) is 11.8. The zero-order chi connectivity index (χ0) is 10.7. The summed E-state index contributed by atoms with van der Waals surface area (Å²) in [5.74, 6) is 1.55. The summed E-state index contributed by atoms with van der Waals surface area (Å²) in [7, 11) is 0. The second kappa shape index (κ2) is 5.33. The van der Waals surface area contributed by atoms with Gasteiger partial charge in [-0.05, 0) is 22.2 Å². The van der Waals surface area contributed by atoms with E-state index in [0.717, 1.165) is 24.8 Å². The van der Waals surface area contributed by atoms with E-state index in [0.29, 0.717) is 0 Å². The monoisotopic (exact) mass is 323 g/mol. The van der Waals surface area contributed by atoms with E-state index < -0.39 is 0 Å².